The highest BCUT2D eigenvalue weighted by Gasteiger charge is 2.33. The van der Waals surface area contributed by atoms with Crippen LogP contribution in [-0.4, -0.2) is 83.9 Å². The molecular weight excluding hydrogens is 490 g/mol. The first kappa shape index (κ1) is 24.2. The van der Waals surface area contributed by atoms with E-state index in [0.717, 1.165) is 29.9 Å². The number of pyridine rings is 1. The van der Waals surface area contributed by atoms with Gasteiger partial charge in [-0.25, -0.2) is 4.68 Å². The average molecular weight is 520 g/mol. The molecule has 2 aliphatic rings. The number of piperazine rings is 1. The normalized spacial score (nSPS) is 16.2. The van der Waals surface area contributed by atoms with Crippen LogP contribution in [0.15, 0.2) is 47.3 Å². The lowest BCUT2D eigenvalue weighted by atomic mass is 10.0. The summed E-state index contributed by atoms with van der Waals surface area (Å²) < 4.78 is 23.3. The third-order valence-electron chi connectivity index (χ3n) is 7.09. The molecule has 0 radical (unpaired) electrons. The van der Waals surface area contributed by atoms with Gasteiger partial charge < -0.3 is 28.8 Å². The number of methoxy groups -OCH3 is 2. The van der Waals surface area contributed by atoms with Gasteiger partial charge in [-0.1, -0.05) is 0 Å². The van der Waals surface area contributed by atoms with Crippen LogP contribution in [0, 0.1) is 0 Å². The molecule has 38 heavy (non-hydrogen) atoms. The summed E-state index contributed by atoms with van der Waals surface area (Å²) in [6.45, 7) is 4.09. The van der Waals surface area contributed by atoms with Crippen molar-refractivity contribution in [2.75, 3.05) is 58.7 Å². The van der Waals surface area contributed by atoms with Gasteiger partial charge in [0.2, 0.25) is 6.79 Å². The smallest absolute Gasteiger partial charge is 0.253 e. The Hall–Kier alpha value is -4.16. The van der Waals surface area contributed by atoms with Gasteiger partial charge in [0.15, 0.2) is 17.3 Å². The van der Waals surface area contributed by atoms with Crippen LogP contribution in [0.5, 0.6) is 17.2 Å². The molecule has 12 nitrogen and oxygen atoms in total. The molecule has 12 heteroatoms. The maximum Gasteiger partial charge on any atom is 0.253 e. The van der Waals surface area contributed by atoms with Crippen molar-refractivity contribution in [1.29, 1.82) is 0 Å². The lowest BCUT2D eigenvalue weighted by Crippen LogP contribution is -2.49. The molecule has 2 aromatic carbocycles. The van der Waals surface area contributed by atoms with E-state index in [0.29, 0.717) is 54.6 Å². The fraction of sp³-hybridized carbons (Fsp3) is 0.385. The molecule has 1 N–H and O–H groups in total. The SMILES string of the molecule is COCCn1nnnc1[C@@H](c1cc2cc3c(cc2[nH]c1=O)OCO3)N1CCN(c2ccc(OC)cc2)CC1. The molecule has 0 bridgehead atoms. The van der Waals surface area contributed by atoms with E-state index in [4.69, 9.17) is 18.9 Å². The maximum absolute atomic E-state index is 13.5. The standard InChI is InChI=1S/C26H29N7O5/c1-35-12-11-33-25(28-29-30-33)24(32-9-7-31(8-10-32)18-3-5-19(36-2)6-4-18)20-13-17-14-22-23(38-16-37-22)15-21(17)27-26(20)34/h3-6,13-15,24H,7-12,16H2,1-2H3,(H,27,34)/t24-/m1/s1. The number of anilines is 1. The van der Waals surface area contributed by atoms with Crippen molar-refractivity contribution in [3.8, 4) is 17.2 Å². The second kappa shape index (κ2) is 10.3. The Labute approximate surface area is 218 Å². The highest BCUT2D eigenvalue weighted by atomic mass is 16.7. The van der Waals surface area contributed by atoms with Gasteiger partial charge in [0.05, 0.1) is 25.8 Å². The first-order valence-electron chi connectivity index (χ1n) is 12.5. The molecule has 2 aliphatic heterocycles. The van der Waals surface area contributed by atoms with E-state index in [-0.39, 0.29) is 12.4 Å². The van der Waals surface area contributed by atoms with Gasteiger partial charge in [-0.15, -0.1) is 5.10 Å². The molecule has 6 rings (SSSR count). The Balaban J connectivity index is 1.35. The van der Waals surface area contributed by atoms with Crippen LogP contribution in [0.1, 0.15) is 17.4 Å². The Kier molecular flexibility index (Phi) is 6.56. The second-order valence-electron chi connectivity index (χ2n) is 9.22. The van der Waals surface area contributed by atoms with Crippen LogP contribution in [0.4, 0.5) is 5.69 Å². The summed E-state index contributed by atoms with van der Waals surface area (Å²) >= 11 is 0. The number of nitrogens with zero attached hydrogens (tertiary/aromatic N) is 6. The van der Waals surface area contributed by atoms with Crippen LogP contribution < -0.4 is 24.7 Å². The van der Waals surface area contributed by atoms with Crippen molar-refractivity contribution >= 4 is 16.6 Å². The number of H-pyrrole nitrogens is 1. The van der Waals surface area contributed by atoms with Crippen LogP contribution in [-0.2, 0) is 11.3 Å². The van der Waals surface area contributed by atoms with Crippen molar-refractivity contribution in [2.45, 2.75) is 12.6 Å². The Morgan fingerprint density at radius 1 is 1.03 bits per heavy atom. The van der Waals surface area contributed by atoms with Gasteiger partial charge in [-0.3, -0.25) is 9.69 Å². The van der Waals surface area contributed by atoms with E-state index in [9.17, 15) is 4.79 Å². The molecule has 4 heterocycles. The van der Waals surface area contributed by atoms with Crippen molar-refractivity contribution in [3.63, 3.8) is 0 Å². The number of rotatable bonds is 8. The zero-order valence-electron chi connectivity index (χ0n) is 21.3. The van der Waals surface area contributed by atoms with Gasteiger partial charge in [0.1, 0.15) is 11.8 Å². The van der Waals surface area contributed by atoms with E-state index in [2.05, 4.69) is 42.4 Å². The second-order valence-corrected chi connectivity index (χ2v) is 9.22. The maximum atomic E-state index is 13.5. The highest BCUT2D eigenvalue weighted by molar-refractivity contribution is 5.83. The minimum absolute atomic E-state index is 0.165. The minimum Gasteiger partial charge on any atom is -0.497 e. The van der Waals surface area contributed by atoms with Gasteiger partial charge in [-0.2, -0.15) is 0 Å². The number of nitrogens with one attached hydrogen (secondary N) is 1. The van der Waals surface area contributed by atoms with E-state index in [1.807, 2.05) is 24.3 Å². The topological polar surface area (TPSA) is 120 Å². The number of hydrogen-bond donors (Lipinski definition) is 1. The number of hydrogen-bond acceptors (Lipinski definition) is 10. The van der Waals surface area contributed by atoms with Crippen molar-refractivity contribution in [2.24, 2.45) is 0 Å². The summed E-state index contributed by atoms with van der Waals surface area (Å²) in [5.74, 6) is 2.71. The van der Waals surface area contributed by atoms with E-state index < -0.39 is 6.04 Å². The van der Waals surface area contributed by atoms with Crippen LogP contribution in [0.3, 0.4) is 0 Å². The molecule has 1 saturated heterocycles. The van der Waals surface area contributed by atoms with E-state index in [1.165, 1.54) is 0 Å². The lowest BCUT2D eigenvalue weighted by Gasteiger charge is -2.39. The van der Waals surface area contributed by atoms with E-state index in [1.54, 1.807) is 25.0 Å². The summed E-state index contributed by atoms with van der Waals surface area (Å²) in [5.41, 5.74) is 2.19. The number of ether oxygens (including phenoxy) is 4. The molecule has 2 aromatic heterocycles. The summed E-state index contributed by atoms with van der Waals surface area (Å²) in [6, 6.07) is 13.2. The molecular formula is C26H29N7O5. The van der Waals surface area contributed by atoms with E-state index >= 15 is 0 Å². The highest BCUT2D eigenvalue weighted by Crippen LogP contribution is 2.36. The first-order valence-corrected chi connectivity index (χ1v) is 12.5. The Morgan fingerprint density at radius 3 is 2.53 bits per heavy atom. The summed E-state index contributed by atoms with van der Waals surface area (Å²) in [6.07, 6.45) is 0. The van der Waals surface area contributed by atoms with Gasteiger partial charge in [0, 0.05) is 56.0 Å². The fourth-order valence-electron chi connectivity index (χ4n) is 5.09. The third kappa shape index (κ3) is 4.52. The number of tetrazole rings is 1. The van der Waals surface area contributed by atoms with Crippen LogP contribution in [0.2, 0.25) is 0 Å². The largest absolute Gasteiger partial charge is 0.497 e. The molecule has 0 aliphatic carbocycles. The number of aromatic nitrogens is 5. The molecule has 1 fully saturated rings. The fourth-order valence-corrected chi connectivity index (χ4v) is 5.09. The van der Waals surface area contributed by atoms with Crippen LogP contribution in [0.25, 0.3) is 10.9 Å². The summed E-state index contributed by atoms with van der Waals surface area (Å²) in [5, 5.41) is 13.4. The zero-order valence-corrected chi connectivity index (χ0v) is 21.3. The molecule has 0 spiro atoms. The van der Waals surface area contributed by atoms with Crippen molar-refractivity contribution in [3.05, 3.63) is 64.2 Å². The van der Waals surface area contributed by atoms with Gasteiger partial charge in [-0.05, 0) is 46.8 Å². The number of benzene rings is 2. The molecule has 0 unspecified atom stereocenters. The Morgan fingerprint density at radius 2 is 1.79 bits per heavy atom. The lowest BCUT2D eigenvalue weighted by molar-refractivity contribution is 0.171. The van der Waals surface area contributed by atoms with Crippen LogP contribution >= 0.6 is 0 Å². The quantitative estimate of drug-likeness (QED) is 0.369. The molecule has 4 aromatic rings. The Bertz CT molecular complexity index is 1480. The van der Waals surface area contributed by atoms with Crippen molar-refractivity contribution in [1.82, 2.24) is 30.1 Å². The monoisotopic (exact) mass is 519 g/mol. The molecule has 0 amide bonds. The summed E-state index contributed by atoms with van der Waals surface area (Å²) in [7, 11) is 3.30. The number of aromatic amines is 1. The number of fused-ring (bicyclic) bond motifs is 2. The van der Waals surface area contributed by atoms with Gasteiger partial charge in [0.25, 0.3) is 5.56 Å². The predicted molar refractivity (Wildman–Crippen MR) is 139 cm³/mol. The van der Waals surface area contributed by atoms with Gasteiger partial charge >= 0.3 is 0 Å². The zero-order chi connectivity index (χ0) is 26.1. The third-order valence-corrected chi connectivity index (χ3v) is 7.09. The average Bonchev–Trinajstić information content (AvgIpc) is 3.61. The molecule has 1 atom stereocenters. The molecule has 198 valence electrons. The molecule has 0 saturated carbocycles. The summed E-state index contributed by atoms with van der Waals surface area (Å²) in [4.78, 5) is 21.1. The first-order chi connectivity index (χ1) is 18.6. The van der Waals surface area contributed by atoms with Crippen molar-refractivity contribution < 1.29 is 18.9 Å². The predicted octanol–water partition coefficient (Wildman–Crippen LogP) is 1.81. The minimum atomic E-state index is -0.446.